The molecule has 0 unspecified atom stereocenters. The van der Waals surface area contributed by atoms with Crippen molar-refractivity contribution in [3.63, 3.8) is 0 Å². The van der Waals surface area contributed by atoms with E-state index in [-0.39, 0.29) is 0 Å². The number of benzene rings is 2. The van der Waals surface area contributed by atoms with E-state index in [0.29, 0.717) is 36.4 Å². The zero-order valence-electron chi connectivity index (χ0n) is 31.0. The Morgan fingerprint density at radius 3 is 1.25 bits per heavy atom. The second kappa shape index (κ2) is 20.2. The molecule has 4 aromatic rings. The summed E-state index contributed by atoms with van der Waals surface area (Å²) >= 11 is 0. The maximum Gasteiger partial charge on any atom is 0.205 e. The summed E-state index contributed by atoms with van der Waals surface area (Å²) in [6, 6.07) is 17.4. The van der Waals surface area contributed by atoms with Crippen molar-refractivity contribution in [3.8, 4) is 35.2 Å². The summed E-state index contributed by atoms with van der Waals surface area (Å²) in [5.41, 5.74) is 4.92. The third-order valence-electron chi connectivity index (χ3n) is 10.3. The molecule has 0 aliphatic heterocycles. The molecular weight excluding hydrogens is 629 g/mol. The van der Waals surface area contributed by atoms with Gasteiger partial charge in [0.15, 0.2) is 11.5 Å². The Kier molecular flexibility index (Phi) is 14.9. The Morgan fingerprint density at radius 1 is 0.510 bits per heavy atom. The first-order chi connectivity index (χ1) is 25.1. The second-order valence-electron chi connectivity index (χ2n) is 13.8. The first-order valence-corrected chi connectivity index (χ1v) is 19.2. The monoisotopic (exact) mass is 682 g/mol. The van der Waals surface area contributed by atoms with Gasteiger partial charge in [0, 0.05) is 11.1 Å². The first kappa shape index (κ1) is 37.6. The lowest BCUT2D eigenvalue weighted by Crippen LogP contribution is -2.12. The molecule has 0 atom stereocenters. The molecule has 2 heterocycles. The summed E-state index contributed by atoms with van der Waals surface area (Å²) < 4.78 is 10.8. The number of hydrogen-bond donors (Lipinski definition) is 0. The highest BCUT2D eigenvalue weighted by molar-refractivity contribution is 5.41. The largest absolute Gasteiger partial charge is 0.491 e. The van der Waals surface area contributed by atoms with Crippen LogP contribution in [0.1, 0.15) is 144 Å². The van der Waals surface area contributed by atoms with Gasteiger partial charge in [-0.25, -0.2) is 19.9 Å². The van der Waals surface area contributed by atoms with Gasteiger partial charge in [-0.15, -0.1) is 0 Å². The molecule has 51 heavy (non-hydrogen) atoms. The van der Waals surface area contributed by atoms with Crippen LogP contribution in [0.15, 0.2) is 73.3 Å². The van der Waals surface area contributed by atoms with E-state index >= 15 is 0 Å². The fraction of sp³-hybridized carbons (Fsp3) is 0.467. The predicted molar refractivity (Wildman–Crippen MR) is 206 cm³/mol. The highest BCUT2D eigenvalue weighted by atomic mass is 16.5. The average Bonchev–Trinajstić information content (AvgIpc) is 3.20. The van der Waals surface area contributed by atoms with E-state index in [2.05, 4.69) is 113 Å². The molecule has 0 radical (unpaired) electrons. The third-order valence-corrected chi connectivity index (χ3v) is 10.3. The van der Waals surface area contributed by atoms with Crippen LogP contribution in [0.3, 0.4) is 0 Å². The number of ether oxygens (including phenoxy) is 2. The Bertz CT molecular complexity index is 1710. The average molecular weight is 683 g/mol. The number of aromatic nitrogens is 4. The maximum absolute atomic E-state index is 5.48. The molecule has 0 saturated heterocycles. The molecule has 266 valence electrons. The summed E-state index contributed by atoms with van der Waals surface area (Å²) in [6.45, 7) is 9.93. The quantitative estimate of drug-likeness (QED) is 0.164. The fourth-order valence-electron chi connectivity index (χ4n) is 7.04. The molecule has 2 saturated carbocycles. The van der Waals surface area contributed by atoms with Crippen LogP contribution in [0, 0.1) is 35.5 Å². The summed E-state index contributed by atoms with van der Waals surface area (Å²) in [6.07, 6.45) is 21.1. The van der Waals surface area contributed by atoms with E-state index in [4.69, 9.17) is 9.47 Å². The van der Waals surface area contributed by atoms with Crippen LogP contribution in [-0.4, -0.2) is 33.1 Å². The van der Waals surface area contributed by atoms with Crippen LogP contribution in [0.5, 0.6) is 11.5 Å². The van der Waals surface area contributed by atoms with E-state index in [1.165, 1.54) is 75.3 Å². The molecule has 0 N–H and O–H groups in total. The minimum atomic E-state index is 0.519. The van der Waals surface area contributed by atoms with Gasteiger partial charge in [0.05, 0.1) is 38.0 Å². The van der Waals surface area contributed by atoms with E-state index < -0.39 is 0 Å². The second-order valence-corrected chi connectivity index (χ2v) is 13.8. The molecule has 0 amide bonds. The molecule has 2 aromatic carbocycles. The molecule has 2 aromatic heterocycles. The topological polar surface area (TPSA) is 70.0 Å². The van der Waals surface area contributed by atoms with Gasteiger partial charge in [0.25, 0.3) is 0 Å². The summed E-state index contributed by atoms with van der Waals surface area (Å²) in [7, 11) is 0. The van der Waals surface area contributed by atoms with Crippen molar-refractivity contribution in [2.24, 2.45) is 11.8 Å². The molecule has 6 heteroatoms. The number of rotatable bonds is 9. The minimum Gasteiger partial charge on any atom is -0.491 e. The first-order valence-electron chi connectivity index (χ1n) is 19.2. The standard InChI is InChI=1S/C23H28N2O.C22H26N2O/c1-3-15-26-22-16-24-23(25-17-22)14-9-19-7-12-21(13-8-19)20-10-5-18(4-2)6-11-20;1-3-17-5-10-19(11-6-17)20-12-7-18(8-13-20)9-14-22-23-15-21(16-24-22)25-4-2/h7-8,12-13,16-18,20H,3-6,10-11,15H2,1-2H3;7-8,12-13,15-17,19H,3-6,10-11H2,1-2H3/t18-,20-;17-,19-. The van der Waals surface area contributed by atoms with Gasteiger partial charge in [-0.1, -0.05) is 69.7 Å². The summed E-state index contributed by atoms with van der Waals surface area (Å²) in [5.74, 6) is 18.1. The Morgan fingerprint density at radius 2 is 0.902 bits per heavy atom. The van der Waals surface area contributed by atoms with Gasteiger partial charge >= 0.3 is 0 Å². The highest BCUT2D eigenvalue weighted by Crippen LogP contribution is 2.38. The zero-order valence-corrected chi connectivity index (χ0v) is 31.0. The number of hydrogen-bond acceptors (Lipinski definition) is 6. The summed E-state index contributed by atoms with van der Waals surface area (Å²) in [4.78, 5) is 16.9. The van der Waals surface area contributed by atoms with Gasteiger partial charge in [-0.05, 0) is 136 Å². The molecular formula is C45H54N4O2. The summed E-state index contributed by atoms with van der Waals surface area (Å²) in [5, 5.41) is 0. The van der Waals surface area contributed by atoms with Crippen molar-refractivity contribution in [1.82, 2.24) is 19.9 Å². The lowest BCUT2D eigenvalue weighted by molar-refractivity contribution is 0.314. The van der Waals surface area contributed by atoms with Gasteiger partial charge in [0.1, 0.15) is 0 Å². The van der Waals surface area contributed by atoms with Crippen molar-refractivity contribution in [2.45, 2.75) is 110 Å². The van der Waals surface area contributed by atoms with Gasteiger partial charge in [0.2, 0.25) is 11.6 Å². The molecule has 0 bridgehead atoms. The molecule has 2 aliphatic rings. The van der Waals surface area contributed by atoms with Gasteiger partial charge < -0.3 is 9.47 Å². The molecule has 2 fully saturated rings. The van der Waals surface area contributed by atoms with Crippen LogP contribution in [0.25, 0.3) is 0 Å². The minimum absolute atomic E-state index is 0.519. The van der Waals surface area contributed by atoms with Crippen LogP contribution < -0.4 is 9.47 Å². The molecule has 6 rings (SSSR count). The fourth-order valence-corrected chi connectivity index (χ4v) is 7.04. The van der Waals surface area contributed by atoms with Crippen LogP contribution in [0.4, 0.5) is 0 Å². The smallest absolute Gasteiger partial charge is 0.205 e. The Labute approximate surface area is 306 Å². The van der Waals surface area contributed by atoms with Crippen LogP contribution >= 0.6 is 0 Å². The van der Waals surface area contributed by atoms with Gasteiger partial charge in [-0.3, -0.25) is 0 Å². The molecule has 2 aliphatic carbocycles. The zero-order chi connectivity index (χ0) is 35.7. The number of nitrogens with zero attached hydrogens (tertiary/aromatic N) is 4. The van der Waals surface area contributed by atoms with E-state index in [0.717, 1.165) is 41.2 Å². The maximum atomic E-state index is 5.48. The van der Waals surface area contributed by atoms with Crippen molar-refractivity contribution < 1.29 is 9.47 Å². The van der Waals surface area contributed by atoms with Gasteiger partial charge in [-0.2, -0.15) is 0 Å². The predicted octanol–water partition coefficient (Wildman–Crippen LogP) is 10.3. The van der Waals surface area contributed by atoms with Crippen molar-refractivity contribution in [3.05, 3.63) is 107 Å². The highest BCUT2D eigenvalue weighted by Gasteiger charge is 2.22. The molecule has 6 nitrogen and oxygen atoms in total. The van der Waals surface area contributed by atoms with E-state index in [9.17, 15) is 0 Å². The Balaban J connectivity index is 0.000000198. The lowest BCUT2D eigenvalue weighted by atomic mass is 9.78. The van der Waals surface area contributed by atoms with Crippen molar-refractivity contribution in [1.29, 1.82) is 0 Å². The SMILES string of the molecule is CCCOc1cnc(C#Cc2ccc([C@H]3CC[C@H](CC)CC3)cc2)nc1.CCOc1cnc(C#Cc2ccc([C@H]3CC[C@H](CC)CC3)cc2)nc1. The van der Waals surface area contributed by atoms with Crippen molar-refractivity contribution in [2.75, 3.05) is 13.2 Å². The van der Waals surface area contributed by atoms with Crippen molar-refractivity contribution >= 4 is 0 Å². The van der Waals surface area contributed by atoms with Crippen LogP contribution in [0.2, 0.25) is 0 Å². The normalized spacial score (nSPS) is 19.6. The third kappa shape index (κ3) is 12.0. The Hall–Kier alpha value is -4.68. The van der Waals surface area contributed by atoms with E-state index in [1.54, 1.807) is 24.8 Å². The van der Waals surface area contributed by atoms with E-state index in [1.807, 2.05) is 6.92 Å². The molecule has 0 spiro atoms. The van der Waals surface area contributed by atoms with Crippen LogP contribution in [-0.2, 0) is 0 Å². The lowest BCUT2D eigenvalue weighted by Gasteiger charge is -2.28.